The van der Waals surface area contributed by atoms with Crippen molar-refractivity contribution in [1.82, 2.24) is 10.3 Å². The van der Waals surface area contributed by atoms with Crippen molar-refractivity contribution < 1.29 is 14.3 Å². The summed E-state index contributed by atoms with van der Waals surface area (Å²) >= 11 is 0. The average molecular weight is 266 g/mol. The molecule has 1 amide bonds. The van der Waals surface area contributed by atoms with Crippen LogP contribution in [-0.2, 0) is 9.53 Å². The fourth-order valence-electron chi connectivity index (χ4n) is 1.53. The number of carbonyl (C=O) groups excluding carboxylic acids is 2. The van der Waals surface area contributed by atoms with Gasteiger partial charge in [0, 0.05) is 25.2 Å². The summed E-state index contributed by atoms with van der Waals surface area (Å²) in [7, 11) is 1.37. The van der Waals surface area contributed by atoms with E-state index in [0.717, 1.165) is 19.3 Å². The van der Waals surface area contributed by atoms with Gasteiger partial charge in [0.15, 0.2) is 0 Å². The molecule has 0 aromatic carbocycles. The van der Waals surface area contributed by atoms with Crippen LogP contribution in [0.3, 0.4) is 0 Å². The van der Waals surface area contributed by atoms with Crippen molar-refractivity contribution in [3.05, 3.63) is 34.2 Å². The van der Waals surface area contributed by atoms with E-state index in [1.807, 2.05) is 0 Å². The molecule has 0 saturated carbocycles. The third-order valence-corrected chi connectivity index (χ3v) is 2.62. The largest absolute Gasteiger partial charge is 0.469 e. The van der Waals surface area contributed by atoms with Crippen LogP contribution >= 0.6 is 0 Å². The molecule has 0 radical (unpaired) electrons. The second kappa shape index (κ2) is 8.07. The third kappa shape index (κ3) is 5.85. The number of esters is 1. The van der Waals surface area contributed by atoms with Gasteiger partial charge in [-0.2, -0.15) is 0 Å². The highest BCUT2D eigenvalue weighted by Crippen LogP contribution is 2.00. The quantitative estimate of drug-likeness (QED) is 0.565. The molecule has 1 heterocycles. The lowest BCUT2D eigenvalue weighted by Gasteiger charge is -2.04. The van der Waals surface area contributed by atoms with E-state index < -0.39 is 0 Å². The Labute approximate surface area is 111 Å². The SMILES string of the molecule is COC(=O)CCCCCNC(=O)c1ccc(=O)[nH]c1. The van der Waals surface area contributed by atoms with Gasteiger partial charge in [0.05, 0.1) is 12.7 Å². The molecule has 1 aromatic rings. The number of carbonyl (C=O) groups is 2. The van der Waals surface area contributed by atoms with E-state index in [4.69, 9.17) is 0 Å². The van der Waals surface area contributed by atoms with E-state index in [1.165, 1.54) is 25.4 Å². The maximum atomic E-state index is 11.6. The molecular weight excluding hydrogens is 248 g/mol. The van der Waals surface area contributed by atoms with Crippen molar-refractivity contribution in [2.75, 3.05) is 13.7 Å². The van der Waals surface area contributed by atoms with Crippen LogP contribution in [0.1, 0.15) is 36.0 Å². The number of hydrogen-bond acceptors (Lipinski definition) is 4. The molecule has 0 fully saturated rings. The lowest BCUT2D eigenvalue weighted by Crippen LogP contribution is -2.25. The number of pyridine rings is 1. The number of nitrogens with one attached hydrogen (secondary N) is 2. The van der Waals surface area contributed by atoms with Crippen LogP contribution in [0.4, 0.5) is 0 Å². The fraction of sp³-hybridized carbons (Fsp3) is 0.462. The Kier molecular flexibility index (Phi) is 6.35. The predicted molar refractivity (Wildman–Crippen MR) is 69.9 cm³/mol. The van der Waals surface area contributed by atoms with Crippen LogP contribution < -0.4 is 10.9 Å². The highest BCUT2D eigenvalue weighted by atomic mass is 16.5. The molecule has 0 aliphatic rings. The summed E-state index contributed by atoms with van der Waals surface area (Å²) in [6.45, 7) is 0.541. The molecule has 1 aromatic heterocycles. The smallest absolute Gasteiger partial charge is 0.305 e. The Morgan fingerprint density at radius 3 is 2.68 bits per heavy atom. The summed E-state index contributed by atoms with van der Waals surface area (Å²) in [5, 5.41) is 2.74. The lowest BCUT2D eigenvalue weighted by molar-refractivity contribution is -0.140. The first-order chi connectivity index (χ1) is 9.13. The fourth-order valence-corrected chi connectivity index (χ4v) is 1.53. The van der Waals surface area contributed by atoms with Crippen LogP contribution in [-0.4, -0.2) is 30.5 Å². The molecule has 104 valence electrons. The van der Waals surface area contributed by atoms with Crippen molar-refractivity contribution in [1.29, 1.82) is 0 Å². The molecule has 19 heavy (non-hydrogen) atoms. The first kappa shape index (κ1) is 14.9. The van der Waals surface area contributed by atoms with Gasteiger partial charge in [0.2, 0.25) is 5.56 Å². The molecule has 0 spiro atoms. The van der Waals surface area contributed by atoms with Crippen molar-refractivity contribution in [3.63, 3.8) is 0 Å². The molecular formula is C13H18N2O4. The van der Waals surface area contributed by atoms with Gasteiger partial charge in [-0.3, -0.25) is 14.4 Å². The van der Waals surface area contributed by atoms with E-state index in [-0.39, 0.29) is 17.4 Å². The van der Waals surface area contributed by atoms with Crippen LogP contribution in [0.25, 0.3) is 0 Å². The van der Waals surface area contributed by atoms with Gasteiger partial charge in [-0.15, -0.1) is 0 Å². The number of methoxy groups -OCH3 is 1. The minimum absolute atomic E-state index is 0.211. The Morgan fingerprint density at radius 1 is 1.26 bits per heavy atom. The Hall–Kier alpha value is -2.11. The number of unbranched alkanes of at least 4 members (excludes halogenated alkanes) is 2. The van der Waals surface area contributed by atoms with Crippen LogP contribution in [0.15, 0.2) is 23.1 Å². The van der Waals surface area contributed by atoms with Crippen molar-refractivity contribution in [3.8, 4) is 0 Å². The topological polar surface area (TPSA) is 88.3 Å². The van der Waals surface area contributed by atoms with E-state index in [0.29, 0.717) is 18.5 Å². The molecule has 0 saturated heterocycles. The molecule has 0 bridgehead atoms. The predicted octanol–water partition coefficient (Wildman–Crippen LogP) is 0.838. The number of aromatic nitrogens is 1. The second-order valence-corrected chi connectivity index (χ2v) is 4.08. The minimum atomic E-state index is -0.237. The molecule has 6 nitrogen and oxygen atoms in total. The third-order valence-electron chi connectivity index (χ3n) is 2.62. The minimum Gasteiger partial charge on any atom is -0.469 e. The maximum Gasteiger partial charge on any atom is 0.305 e. The van der Waals surface area contributed by atoms with E-state index in [1.54, 1.807) is 0 Å². The summed E-state index contributed by atoms with van der Waals surface area (Å²) in [5.74, 6) is -0.429. The molecule has 0 unspecified atom stereocenters. The number of hydrogen-bond donors (Lipinski definition) is 2. The van der Waals surface area contributed by atoms with Gasteiger partial charge in [-0.05, 0) is 18.9 Å². The zero-order valence-corrected chi connectivity index (χ0v) is 10.9. The monoisotopic (exact) mass is 266 g/mol. The molecule has 2 N–H and O–H groups in total. The zero-order valence-electron chi connectivity index (χ0n) is 10.9. The van der Waals surface area contributed by atoms with Crippen LogP contribution in [0, 0.1) is 0 Å². The summed E-state index contributed by atoms with van der Waals surface area (Å²) in [6.07, 6.45) is 4.19. The number of amides is 1. The Morgan fingerprint density at radius 2 is 2.05 bits per heavy atom. The van der Waals surface area contributed by atoms with Crippen LogP contribution in [0.5, 0.6) is 0 Å². The van der Waals surface area contributed by atoms with Crippen LogP contribution in [0.2, 0.25) is 0 Å². The lowest BCUT2D eigenvalue weighted by atomic mass is 10.2. The molecule has 0 aliphatic carbocycles. The van der Waals surface area contributed by atoms with E-state index >= 15 is 0 Å². The Bertz CT molecular complexity index is 461. The highest BCUT2D eigenvalue weighted by Gasteiger charge is 2.04. The van der Waals surface area contributed by atoms with E-state index in [9.17, 15) is 14.4 Å². The first-order valence-electron chi connectivity index (χ1n) is 6.17. The summed E-state index contributed by atoms with van der Waals surface area (Å²) in [4.78, 5) is 35.8. The number of rotatable bonds is 7. The molecule has 0 atom stereocenters. The van der Waals surface area contributed by atoms with Gasteiger partial charge in [-0.1, -0.05) is 6.42 Å². The second-order valence-electron chi connectivity index (χ2n) is 4.08. The van der Waals surface area contributed by atoms with Gasteiger partial charge < -0.3 is 15.0 Å². The normalized spacial score (nSPS) is 9.95. The highest BCUT2D eigenvalue weighted by molar-refractivity contribution is 5.93. The summed E-state index contributed by atoms with van der Waals surface area (Å²) in [6, 6.07) is 2.79. The zero-order chi connectivity index (χ0) is 14.1. The Balaban J connectivity index is 2.16. The summed E-state index contributed by atoms with van der Waals surface area (Å²) < 4.78 is 4.52. The van der Waals surface area contributed by atoms with Crippen molar-refractivity contribution in [2.45, 2.75) is 25.7 Å². The summed E-state index contributed by atoms with van der Waals surface area (Å²) in [5.41, 5.74) is 0.188. The maximum absolute atomic E-state index is 11.6. The van der Waals surface area contributed by atoms with Gasteiger partial charge >= 0.3 is 5.97 Å². The molecule has 1 rings (SSSR count). The molecule has 6 heteroatoms. The van der Waals surface area contributed by atoms with Gasteiger partial charge in [-0.25, -0.2) is 0 Å². The number of H-pyrrole nitrogens is 1. The first-order valence-corrected chi connectivity index (χ1v) is 6.17. The van der Waals surface area contributed by atoms with Gasteiger partial charge in [0.25, 0.3) is 5.91 Å². The number of aromatic amines is 1. The standard InChI is InChI=1S/C13H18N2O4/c1-19-12(17)5-3-2-4-8-14-13(18)10-6-7-11(16)15-9-10/h6-7,9H,2-5,8H2,1H3,(H,14,18)(H,15,16). The molecule has 0 aliphatic heterocycles. The van der Waals surface area contributed by atoms with Crippen molar-refractivity contribution in [2.24, 2.45) is 0 Å². The van der Waals surface area contributed by atoms with Gasteiger partial charge in [0.1, 0.15) is 0 Å². The van der Waals surface area contributed by atoms with Crippen molar-refractivity contribution >= 4 is 11.9 Å². The average Bonchev–Trinajstić information content (AvgIpc) is 2.42. The number of ether oxygens (including phenoxy) is 1. The van der Waals surface area contributed by atoms with E-state index in [2.05, 4.69) is 15.0 Å².